The normalized spacial score (nSPS) is 14.7. The number of para-hydroxylation sites is 2. The van der Waals surface area contributed by atoms with Crippen LogP contribution in [0, 0.1) is 6.92 Å². The van der Waals surface area contributed by atoms with E-state index in [1.54, 1.807) is 30.0 Å². The van der Waals surface area contributed by atoms with E-state index >= 15 is 0 Å². The zero-order chi connectivity index (χ0) is 22.9. The minimum atomic E-state index is -0.333. The molecule has 6 rings (SSSR count). The lowest BCUT2D eigenvalue weighted by molar-refractivity contribution is 0.709. The van der Waals surface area contributed by atoms with Crippen molar-refractivity contribution in [1.29, 1.82) is 0 Å². The van der Waals surface area contributed by atoms with Crippen molar-refractivity contribution < 1.29 is 0 Å². The van der Waals surface area contributed by atoms with Crippen LogP contribution in [0.1, 0.15) is 22.2 Å². The molecule has 3 aromatic heterocycles. The van der Waals surface area contributed by atoms with Crippen molar-refractivity contribution in [3.8, 4) is 16.9 Å². The summed E-state index contributed by atoms with van der Waals surface area (Å²) in [7, 11) is 3.29. The molecule has 2 aromatic carbocycles. The summed E-state index contributed by atoms with van der Waals surface area (Å²) in [5.74, 6) is 0. The van der Waals surface area contributed by atoms with Gasteiger partial charge in [0.15, 0.2) is 0 Å². The molecule has 1 atom stereocenters. The Labute approximate surface area is 194 Å². The van der Waals surface area contributed by atoms with Gasteiger partial charge < -0.3 is 9.88 Å². The van der Waals surface area contributed by atoms with Gasteiger partial charge in [-0.3, -0.25) is 13.9 Å². The molecule has 0 aliphatic carbocycles. The molecule has 1 aliphatic heterocycles. The SMILES string of the molecule is Cc1cccc(-c2c3c(=O)n(C)c(=O)n(C)c3c3n2-c2ccccc2NC3c2cccs2)c1. The Morgan fingerprint density at radius 2 is 1.76 bits per heavy atom. The van der Waals surface area contributed by atoms with Crippen LogP contribution in [0.2, 0.25) is 0 Å². The molecule has 7 heteroatoms. The third kappa shape index (κ3) is 2.72. The topological polar surface area (TPSA) is 61.0 Å². The van der Waals surface area contributed by atoms with Crippen LogP contribution >= 0.6 is 11.3 Å². The summed E-state index contributed by atoms with van der Waals surface area (Å²) >= 11 is 1.65. The van der Waals surface area contributed by atoms with Gasteiger partial charge in [0.05, 0.1) is 33.7 Å². The van der Waals surface area contributed by atoms with Crippen LogP contribution in [-0.4, -0.2) is 13.7 Å². The summed E-state index contributed by atoms with van der Waals surface area (Å²) in [6.45, 7) is 2.05. The monoisotopic (exact) mass is 454 g/mol. The summed E-state index contributed by atoms with van der Waals surface area (Å²) < 4.78 is 4.99. The molecular formula is C26H22N4O2S. The zero-order valence-electron chi connectivity index (χ0n) is 18.5. The van der Waals surface area contributed by atoms with Crippen LogP contribution in [0.15, 0.2) is 75.6 Å². The molecule has 33 heavy (non-hydrogen) atoms. The number of rotatable bonds is 2. The van der Waals surface area contributed by atoms with Gasteiger partial charge in [-0.1, -0.05) is 42.0 Å². The molecule has 1 aliphatic rings. The quantitative estimate of drug-likeness (QED) is 0.425. The van der Waals surface area contributed by atoms with E-state index in [1.807, 2.05) is 48.7 Å². The summed E-state index contributed by atoms with van der Waals surface area (Å²) in [6, 6.07) is 20.2. The Bertz CT molecular complexity index is 1670. The van der Waals surface area contributed by atoms with Crippen LogP contribution < -0.4 is 16.6 Å². The molecule has 1 N–H and O–H groups in total. The number of hydrogen-bond acceptors (Lipinski definition) is 4. The van der Waals surface area contributed by atoms with E-state index in [1.165, 1.54) is 4.57 Å². The first-order valence-corrected chi connectivity index (χ1v) is 11.7. The van der Waals surface area contributed by atoms with Crippen LogP contribution in [0.4, 0.5) is 5.69 Å². The predicted octanol–water partition coefficient (Wildman–Crippen LogP) is 4.58. The number of aryl methyl sites for hydroxylation is 2. The van der Waals surface area contributed by atoms with E-state index < -0.39 is 0 Å². The molecule has 164 valence electrons. The number of hydrogen-bond donors (Lipinski definition) is 1. The highest BCUT2D eigenvalue weighted by Gasteiger charge is 2.35. The molecule has 0 radical (unpaired) electrons. The van der Waals surface area contributed by atoms with Crippen LogP contribution in [-0.2, 0) is 14.1 Å². The maximum atomic E-state index is 13.6. The maximum absolute atomic E-state index is 13.6. The van der Waals surface area contributed by atoms with Gasteiger partial charge in [-0.25, -0.2) is 4.79 Å². The van der Waals surface area contributed by atoms with Crippen molar-refractivity contribution >= 4 is 27.9 Å². The smallest absolute Gasteiger partial charge is 0.331 e. The summed E-state index contributed by atoms with van der Waals surface area (Å²) in [5, 5.41) is 6.27. The largest absolute Gasteiger partial charge is 0.370 e. The van der Waals surface area contributed by atoms with Gasteiger partial charge in [0.2, 0.25) is 0 Å². The van der Waals surface area contributed by atoms with Crippen LogP contribution in [0.5, 0.6) is 0 Å². The van der Waals surface area contributed by atoms with Gasteiger partial charge in [-0.05, 0) is 42.1 Å². The third-order valence-corrected chi connectivity index (χ3v) is 7.38. The Balaban J connectivity index is 1.90. The highest BCUT2D eigenvalue weighted by atomic mass is 32.1. The molecule has 0 saturated heterocycles. The lowest BCUT2D eigenvalue weighted by Crippen LogP contribution is -2.37. The Hall–Kier alpha value is -3.84. The maximum Gasteiger partial charge on any atom is 0.331 e. The standard InChI is InChI=1S/C26H22N4O2S/c1-15-8-6-9-16(14-15)22-20-23(28(2)26(32)29(3)25(20)31)24-21(19-12-7-13-33-19)27-17-10-4-5-11-18(17)30(22)24/h4-14,21,27H,1-3H3. The number of thiophene rings is 1. The van der Waals surface area contributed by atoms with E-state index in [-0.39, 0.29) is 17.3 Å². The fourth-order valence-electron chi connectivity index (χ4n) is 4.95. The first kappa shape index (κ1) is 19.8. The van der Waals surface area contributed by atoms with Crippen molar-refractivity contribution in [2.75, 3.05) is 5.32 Å². The van der Waals surface area contributed by atoms with Gasteiger partial charge >= 0.3 is 5.69 Å². The van der Waals surface area contributed by atoms with Gasteiger partial charge in [0, 0.05) is 19.0 Å². The Morgan fingerprint density at radius 1 is 0.939 bits per heavy atom. The van der Waals surface area contributed by atoms with Crippen LogP contribution in [0.25, 0.3) is 27.8 Å². The molecule has 0 amide bonds. The summed E-state index contributed by atoms with van der Waals surface area (Å²) in [5.41, 5.74) is 5.77. The van der Waals surface area contributed by atoms with Crippen molar-refractivity contribution in [2.45, 2.75) is 13.0 Å². The van der Waals surface area contributed by atoms with Gasteiger partial charge in [-0.15, -0.1) is 11.3 Å². The molecule has 0 spiro atoms. The van der Waals surface area contributed by atoms with Crippen molar-refractivity contribution in [3.63, 3.8) is 0 Å². The first-order chi connectivity index (χ1) is 16.0. The van der Waals surface area contributed by atoms with E-state index in [0.29, 0.717) is 10.9 Å². The fourth-order valence-corrected chi connectivity index (χ4v) is 5.73. The van der Waals surface area contributed by atoms with Crippen molar-refractivity contribution in [2.24, 2.45) is 14.1 Å². The van der Waals surface area contributed by atoms with E-state index in [2.05, 4.69) is 34.1 Å². The third-order valence-electron chi connectivity index (χ3n) is 6.45. The minimum Gasteiger partial charge on any atom is -0.370 e. The highest BCUT2D eigenvalue weighted by Crippen LogP contribution is 2.46. The summed E-state index contributed by atoms with van der Waals surface area (Å²) in [4.78, 5) is 27.8. The van der Waals surface area contributed by atoms with Crippen molar-refractivity contribution in [1.82, 2.24) is 13.7 Å². The molecule has 4 heterocycles. The fraction of sp³-hybridized carbons (Fsp3) is 0.154. The molecule has 0 fully saturated rings. The average Bonchev–Trinajstić information content (AvgIpc) is 3.48. The van der Waals surface area contributed by atoms with Gasteiger partial charge in [0.25, 0.3) is 5.56 Å². The lowest BCUT2D eigenvalue weighted by Gasteiger charge is -2.30. The summed E-state index contributed by atoms with van der Waals surface area (Å²) in [6.07, 6.45) is 0. The van der Waals surface area contributed by atoms with E-state index in [4.69, 9.17) is 0 Å². The predicted molar refractivity (Wildman–Crippen MR) is 134 cm³/mol. The molecule has 0 saturated carbocycles. The first-order valence-electron chi connectivity index (χ1n) is 10.8. The molecule has 1 unspecified atom stereocenters. The van der Waals surface area contributed by atoms with Gasteiger partial charge in [-0.2, -0.15) is 0 Å². The van der Waals surface area contributed by atoms with E-state index in [0.717, 1.165) is 38.8 Å². The minimum absolute atomic E-state index is 0.196. The molecular weight excluding hydrogens is 432 g/mol. The average molecular weight is 455 g/mol. The second-order valence-corrected chi connectivity index (χ2v) is 9.46. The molecule has 5 aromatic rings. The number of nitrogens with one attached hydrogen (secondary N) is 1. The van der Waals surface area contributed by atoms with Crippen LogP contribution in [0.3, 0.4) is 0 Å². The Kier molecular flexibility index (Phi) is 4.25. The zero-order valence-corrected chi connectivity index (χ0v) is 19.3. The highest BCUT2D eigenvalue weighted by molar-refractivity contribution is 7.10. The molecule has 6 nitrogen and oxygen atoms in total. The number of benzene rings is 2. The van der Waals surface area contributed by atoms with Crippen molar-refractivity contribution in [3.05, 3.63) is 103 Å². The Morgan fingerprint density at radius 3 is 2.52 bits per heavy atom. The number of fused-ring (bicyclic) bond motifs is 5. The second kappa shape index (κ2) is 7.08. The number of nitrogens with zero attached hydrogens (tertiary/aromatic N) is 3. The number of aromatic nitrogens is 3. The number of anilines is 1. The van der Waals surface area contributed by atoms with E-state index in [9.17, 15) is 9.59 Å². The lowest BCUT2D eigenvalue weighted by atomic mass is 10.1. The second-order valence-electron chi connectivity index (χ2n) is 8.48. The van der Waals surface area contributed by atoms with Gasteiger partial charge in [0.1, 0.15) is 6.04 Å². The molecule has 0 bridgehead atoms.